The molecule has 118 valence electrons. The first-order valence-corrected chi connectivity index (χ1v) is 6.18. The van der Waals surface area contributed by atoms with E-state index in [-0.39, 0.29) is 11.5 Å². The van der Waals surface area contributed by atoms with Gasteiger partial charge in [0.1, 0.15) is 11.9 Å². The number of hydrogen-bond acceptors (Lipinski definition) is 5. The Hall–Kier alpha value is -2.04. The van der Waals surface area contributed by atoms with E-state index in [0.29, 0.717) is 12.1 Å². The highest BCUT2D eigenvalue weighted by molar-refractivity contribution is 6.38. The van der Waals surface area contributed by atoms with Gasteiger partial charge in [-0.15, -0.1) is 0 Å². The monoisotopic (exact) mass is 355 g/mol. The van der Waals surface area contributed by atoms with E-state index in [0.717, 1.165) is 10.9 Å². The van der Waals surface area contributed by atoms with Crippen molar-refractivity contribution in [2.24, 2.45) is 5.84 Å². The molecule has 0 aliphatic heterocycles. The van der Waals surface area contributed by atoms with E-state index >= 15 is 0 Å². The standard InChI is InChI=1S/C10H6Cl2F3N5O2/c11-5-1-4(10(13,14)15)2-6(12)8(5)19-9(18-16)7(3-17-19)20(21)22/h1-3,18H,16H2. The summed E-state index contributed by atoms with van der Waals surface area (Å²) >= 11 is 11.6. The van der Waals surface area contributed by atoms with Crippen LogP contribution in [0.4, 0.5) is 24.7 Å². The van der Waals surface area contributed by atoms with E-state index < -0.39 is 32.4 Å². The van der Waals surface area contributed by atoms with Gasteiger partial charge in [-0.05, 0) is 12.1 Å². The highest BCUT2D eigenvalue weighted by atomic mass is 35.5. The molecular weight excluding hydrogens is 350 g/mol. The van der Waals surface area contributed by atoms with Crippen molar-refractivity contribution in [3.8, 4) is 5.69 Å². The summed E-state index contributed by atoms with van der Waals surface area (Å²) in [5.41, 5.74) is 0.322. The molecule has 1 aromatic heterocycles. The third-order valence-electron chi connectivity index (χ3n) is 2.64. The quantitative estimate of drug-likeness (QED) is 0.499. The zero-order valence-electron chi connectivity index (χ0n) is 10.4. The molecule has 0 aliphatic carbocycles. The number of benzene rings is 1. The highest BCUT2D eigenvalue weighted by Crippen LogP contribution is 2.39. The minimum atomic E-state index is -4.64. The van der Waals surface area contributed by atoms with Gasteiger partial charge in [0.2, 0.25) is 5.82 Å². The molecule has 1 aromatic carbocycles. The molecule has 0 amide bonds. The van der Waals surface area contributed by atoms with E-state index in [1.807, 2.05) is 5.43 Å². The van der Waals surface area contributed by atoms with Crippen LogP contribution in [0.1, 0.15) is 5.56 Å². The number of nitro groups is 1. The summed E-state index contributed by atoms with van der Waals surface area (Å²) in [6.45, 7) is 0. The lowest BCUT2D eigenvalue weighted by Crippen LogP contribution is -2.14. The summed E-state index contributed by atoms with van der Waals surface area (Å²) in [4.78, 5) is 10.0. The van der Waals surface area contributed by atoms with Crippen molar-refractivity contribution in [1.29, 1.82) is 0 Å². The van der Waals surface area contributed by atoms with Gasteiger partial charge in [-0.1, -0.05) is 23.2 Å². The number of rotatable bonds is 3. The van der Waals surface area contributed by atoms with Crippen molar-refractivity contribution in [3.05, 3.63) is 44.1 Å². The number of hydrazine groups is 1. The van der Waals surface area contributed by atoms with E-state index in [9.17, 15) is 23.3 Å². The van der Waals surface area contributed by atoms with Crippen LogP contribution in [-0.4, -0.2) is 14.7 Å². The molecule has 0 radical (unpaired) electrons. The van der Waals surface area contributed by atoms with Gasteiger partial charge in [0.05, 0.1) is 20.5 Å². The van der Waals surface area contributed by atoms with Crippen molar-refractivity contribution < 1.29 is 18.1 Å². The lowest BCUT2D eigenvalue weighted by molar-refractivity contribution is -0.384. The van der Waals surface area contributed by atoms with Gasteiger partial charge in [0.25, 0.3) is 0 Å². The molecule has 0 fully saturated rings. The molecule has 1 heterocycles. The maximum absolute atomic E-state index is 12.7. The SMILES string of the molecule is NNc1c([N+](=O)[O-])cnn1-c1c(Cl)cc(C(F)(F)F)cc1Cl. The van der Waals surface area contributed by atoms with Crippen molar-refractivity contribution in [1.82, 2.24) is 9.78 Å². The molecule has 0 spiro atoms. The fourth-order valence-corrected chi connectivity index (χ4v) is 2.36. The summed E-state index contributed by atoms with van der Waals surface area (Å²) in [5, 5.41) is 13.7. The van der Waals surface area contributed by atoms with Crippen molar-refractivity contribution in [3.63, 3.8) is 0 Å². The predicted molar refractivity (Wildman–Crippen MR) is 73.1 cm³/mol. The maximum Gasteiger partial charge on any atom is 0.416 e. The van der Waals surface area contributed by atoms with Crippen molar-refractivity contribution in [2.75, 3.05) is 5.43 Å². The number of anilines is 1. The minimum absolute atomic E-state index is 0.169. The molecule has 12 heteroatoms. The third-order valence-corrected chi connectivity index (χ3v) is 3.22. The van der Waals surface area contributed by atoms with Gasteiger partial charge in [0.15, 0.2) is 0 Å². The Labute approximate surface area is 130 Å². The Morgan fingerprint density at radius 1 is 1.32 bits per heavy atom. The molecule has 0 saturated carbocycles. The average Bonchev–Trinajstić information content (AvgIpc) is 2.80. The van der Waals surface area contributed by atoms with Gasteiger partial charge < -0.3 is 5.43 Å². The fraction of sp³-hybridized carbons (Fsp3) is 0.100. The van der Waals surface area contributed by atoms with Crippen LogP contribution >= 0.6 is 23.2 Å². The number of alkyl halides is 3. The van der Waals surface area contributed by atoms with Gasteiger partial charge in [0, 0.05) is 0 Å². The number of nitrogens with one attached hydrogen (secondary N) is 1. The first kappa shape index (κ1) is 16.3. The molecule has 22 heavy (non-hydrogen) atoms. The third kappa shape index (κ3) is 2.80. The Kier molecular flexibility index (Phi) is 4.18. The Morgan fingerprint density at radius 3 is 2.27 bits per heavy atom. The van der Waals surface area contributed by atoms with Gasteiger partial charge in [-0.2, -0.15) is 18.3 Å². The van der Waals surface area contributed by atoms with Crippen LogP contribution in [-0.2, 0) is 6.18 Å². The molecule has 0 aliphatic rings. The summed E-state index contributed by atoms with van der Waals surface area (Å²) in [5.74, 6) is 4.91. The van der Waals surface area contributed by atoms with Crippen LogP contribution < -0.4 is 11.3 Å². The van der Waals surface area contributed by atoms with Crippen LogP contribution in [0.3, 0.4) is 0 Å². The van der Waals surface area contributed by atoms with E-state index in [1.165, 1.54) is 0 Å². The van der Waals surface area contributed by atoms with Gasteiger partial charge in [-0.3, -0.25) is 10.1 Å². The lowest BCUT2D eigenvalue weighted by atomic mass is 10.2. The van der Waals surface area contributed by atoms with Crippen molar-refractivity contribution >= 4 is 34.7 Å². The largest absolute Gasteiger partial charge is 0.416 e. The second-order valence-corrected chi connectivity index (χ2v) is 4.79. The maximum atomic E-state index is 12.7. The van der Waals surface area contributed by atoms with Crippen LogP contribution in [0, 0.1) is 10.1 Å². The Morgan fingerprint density at radius 2 is 1.86 bits per heavy atom. The predicted octanol–water partition coefficient (Wildman–Crippen LogP) is 3.39. The Bertz CT molecular complexity index is 724. The second kappa shape index (κ2) is 5.63. The molecule has 2 rings (SSSR count). The van der Waals surface area contributed by atoms with Crippen LogP contribution in [0.5, 0.6) is 0 Å². The van der Waals surface area contributed by atoms with Crippen LogP contribution in [0.2, 0.25) is 10.0 Å². The molecule has 2 aromatic rings. The summed E-state index contributed by atoms with van der Waals surface area (Å²) in [6, 6.07) is 1.27. The van der Waals surface area contributed by atoms with Gasteiger partial charge >= 0.3 is 11.9 Å². The molecular formula is C10H6Cl2F3N5O2. The molecule has 0 saturated heterocycles. The topological polar surface area (TPSA) is 99.0 Å². The number of hydrogen-bond donors (Lipinski definition) is 2. The molecule has 0 bridgehead atoms. The normalized spacial score (nSPS) is 11.5. The first-order valence-electron chi connectivity index (χ1n) is 5.42. The second-order valence-electron chi connectivity index (χ2n) is 3.98. The lowest BCUT2D eigenvalue weighted by Gasteiger charge is -2.13. The highest BCUT2D eigenvalue weighted by Gasteiger charge is 2.33. The van der Waals surface area contributed by atoms with Crippen LogP contribution in [0.25, 0.3) is 5.69 Å². The molecule has 0 unspecified atom stereocenters. The number of nitrogens with two attached hydrogens (primary N) is 1. The molecule has 7 nitrogen and oxygen atoms in total. The number of halogens is 5. The number of aromatic nitrogens is 2. The minimum Gasteiger partial charge on any atom is -0.303 e. The number of nitrogen functional groups attached to an aromatic ring is 1. The smallest absolute Gasteiger partial charge is 0.303 e. The summed E-state index contributed by atoms with van der Waals surface area (Å²) < 4.78 is 38.9. The summed E-state index contributed by atoms with van der Waals surface area (Å²) in [7, 11) is 0. The Balaban J connectivity index is 2.67. The van der Waals surface area contributed by atoms with Crippen molar-refractivity contribution in [2.45, 2.75) is 6.18 Å². The van der Waals surface area contributed by atoms with E-state index in [4.69, 9.17) is 29.0 Å². The van der Waals surface area contributed by atoms with Gasteiger partial charge in [-0.25, -0.2) is 10.5 Å². The number of nitrogens with zero attached hydrogens (tertiary/aromatic N) is 3. The zero-order chi connectivity index (χ0) is 16.7. The first-order chi connectivity index (χ1) is 10.2. The molecule has 3 N–H and O–H groups in total. The summed E-state index contributed by atoms with van der Waals surface area (Å²) in [6.07, 6.45) is -3.78. The molecule has 0 atom stereocenters. The van der Waals surface area contributed by atoms with Crippen LogP contribution in [0.15, 0.2) is 18.3 Å². The van der Waals surface area contributed by atoms with E-state index in [2.05, 4.69) is 5.10 Å². The average molecular weight is 356 g/mol. The fourth-order valence-electron chi connectivity index (χ4n) is 1.71. The zero-order valence-corrected chi connectivity index (χ0v) is 11.9. The van der Waals surface area contributed by atoms with E-state index in [1.54, 1.807) is 0 Å².